The van der Waals surface area contributed by atoms with Gasteiger partial charge in [0.25, 0.3) is 0 Å². The minimum atomic E-state index is 0.276. The van der Waals surface area contributed by atoms with Crippen LogP contribution in [0.5, 0.6) is 0 Å². The number of oxime groups is 4. The van der Waals surface area contributed by atoms with Crippen LogP contribution >= 0.6 is 0 Å². The predicted molar refractivity (Wildman–Crippen MR) is 247 cm³/mol. The first-order valence-corrected chi connectivity index (χ1v) is 24.9. The molecule has 0 aliphatic heterocycles. The molecule has 0 radical (unpaired) electrons. The van der Waals surface area contributed by atoms with Crippen molar-refractivity contribution in [1.29, 1.82) is 0 Å². The highest BCUT2D eigenvalue weighted by Crippen LogP contribution is 2.70. The van der Waals surface area contributed by atoms with Crippen LogP contribution in [0.1, 0.15) is 198 Å². The first-order chi connectivity index (χ1) is 28.7. The summed E-state index contributed by atoms with van der Waals surface area (Å²) in [5.41, 5.74) is 7.80. The summed E-state index contributed by atoms with van der Waals surface area (Å²) < 4.78 is 0. The first-order valence-electron chi connectivity index (χ1n) is 24.9. The molecule has 0 aromatic carbocycles. The van der Waals surface area contributed by atoms with E-state index in [9.17, 15) is 20.8 Å². The zero-order valence-electron chi connectivity index (χ0n) is 39.6. The fraction of sp³-hybridized carbons (Fsp3) is 0.846. The molecule has 0 heterocycles. The second-order valence-corrected chi connectivity index (χ2v) is 22.2. The Morgan fingerprint density at radius 3 is 1.25 bits per heavy atom. The van der Waals surface area contributed by atoms with Crippen LogP contribution in [0.15, 0.2) is 43.9 Å². The molecular weight excluding hydrogens is 745 g/mol. The van der Waals surface area contributed by atoms with Gasteiger partial charge in [0.05, 0.1) is 22.8 Å². The third kappa shape index (κ3) is 8.07. The third-order valence-corrected chi connectivity index (χ3v) is 19.8. The van der Waals surface area contributed by atoms with E-state index in [1.807, 2.05) is 13.8 Å². The van der Waals surface area contributed by atoms with Crippen molar-refractivity contribution in [1.82, 2.24) is 0 Å². The Balaban J connectivity index is 0.000000177. The maximum absolute atomic E-state index is 9.54. The van der Waals surface area contributed by atoms with Gasteiger partial charge in [-0.1, -0.05) is 126 Å². The van der Waals surface area contributed by atoms with Gasteiger partial charge in [-0.15, -0.1) is 0 Å². The van der Waals surface area contributed by atoms with E-state index in [-0.39, 0.29) is 21.7 Å². The molecule has 14 atom stereocenters. The Labute approximate surface area is 365 Å². The van der Waals surface area contributed by atoms with Crippen molar-refractivity contribution in [2.24, 2.45) is 101 Å². The number of fused-ring (bicyclic) bond motifs is 10. The number of unbranched alkanes of at least 4 members (excludes halogenated alkanes) is 3. The molecule has 0 amide bonds. The molecule has 8 nitrogen and oxygen atoms in total. The lowest BCUT2D eigenvalue weighted by molar-refractivity contribution is -0.0412. The maximum atomic E-state index is 9.54. The van der Waals surface area contributed by atoms with Gasteiger partial charge in [0.1, 0.15) is 0 Å². The average molecular weight is 831 g/mol. The topological polar surface area (TPSA) is 130 Å². The lowest BCUT2D eigenvalue weighted by Gasteiger charge is -2.58. The molecule has 0 aromatic heterocycles. The predicted octanol–water partition coefficient (Wildman–Crippen LogP) is 14.4. The fourth-order valence-electron chi connectivity index (χ4n) is 16.7. The van der Waals surface area contributed by atoms with Crippen LogP contribution in [-0.4, -0.2) is 43.7 Å². The van der Waals surface area contributed by atoms with Crippen LogP contribution in [0, 0.1) is 80.8 Å². The van der Waals surface area contributed by atoms with E-state index in [2.05, 4.69) is 88.2 Å². The molecule has 6 fully saturated rings. The van der Waals surface area contributed by atoms with Gasteiger partial charge in [0, 0.05) is 11.8 Å². The van der Waals surface area contributed by atoms with Gasteiger partial charge in [0.2, 0.25) is 0 Å². The molecule has 338 valence electrons. The molecular formula is C52H86N4O4. The summed E-state index contributed by atoms with van der Waals surface area (Å²) in [4.78, 5) is 0. The molecule has 0 saturated heterocycles. The number of hydrogen-bond acceptors (Lipinski definition) is 8. The number of nitrogens with zero attached hydrogens (tertiary/aromatic N) is 4. The number of hydrogen-bond donors (Lipinski definition) is 4. The van der Waals surface area contributed by atoms with E-state index in [4.69, 9.17) is 0 Å². The van der Waals surface area contributed by atoms with E-state index < -0.39 is 0 Å². The van der Waals surface area contributed by atoms with Gasteiger partial charge in [-0.3, -0.25) is 0 Å². The normalized spacial score (nSPS) is 44.6. The molecule has 8 aliphatic carbocycles. The van der Waals surface area contributed by atoms with E-state index in [0.29, 0.717) is 23.7 Å². The lowest BCUT2D eigenvalue weighted by atomic mass is 9.46. The molecule has 8 heteroatoms. The second-order valence-electron chi connectivity index (χ2n) is 22.2. The quantitative estimate of drug-likeness (QED) is 0.0881. The van der Waals surface area contributed by atoms with Crippen LogP contribution in [0.25, 0.3) is 0 Å². The van der Waals surface area contributed by atoms with Gasteiger partial charge in [-0.25, -0.2) is 0 Å². The summed E-state index contributed by atoms with van der Waals surface area (Å²) in [6.45, 7) is 23.1. The summed E-state index contributed by atoms with van der Waals surface area (Å²) in [5, 5.41) is 51.9. The van der Waals surface area contributed by atoms with Gasteiger partial charge < -0.3 is 20.8 Å². The van der Waals surface area contributed by atoms with Crippen molar-refractivity contribution in [3.05, 3.63) is 23.3 Å². The summed E-state index contributed by atoms with van der Waals surface area (Å²) in [6.07, 6.45) is 28.8. The third-order valence-electron chi connectivity index (χ3n) is 19.8. The van der Waals surface area contributed by atoms with Crippen molar-refractivity contribution >= 4 is 22.8 Å². The second kappa shape index (κ2) is 19.0. The highest BCUT2D eigenvalue weighted by molar-refractivity contribution is 5.96. The SMILES string of the molecule is CCCCCC.CC[C@@H]1CC2C3CCC4=C/C(=N/O)CC[C@]4(C)C3CC[C@]2(C)[C@H]1/C(C)=N\O.CC[C@@H]1CC2C3CCC4=C/C(=N/O)CC[C@]4(C)C3CC[C@]2(C)[C@H]1/C(C)=N\O. The Kier molecular flexibility index (Phi) is 14.8. The Hall–Kier alpha value is -2.64. The monoisotopic (exact) mass is 831 g/mol. The average Bonchev–Trinajstić information content (AvgIpc) is 3.75. The minimum absolute atomic E-state index is 0.276. The van der Waals surface area contributed by atoms with Crippen molar-refractivity contribution in [2.75, 3.05) is 0 Å². The van der Waals surface area contributed by atoms with E-state index in [1.165, 1.54) is 101 Å². The molecule has 8 aliphatic rings. The smallest absolute Gasteiger partial charge is 0.0795 e. The first kappa shape index (κ1) is 46.9. The van der Waals surface area contributed by atoms with Gasteiger partial charge >= 0.3 is 0 Å². The standard InChI is InChI=1S/2C23H36N2O2.C6H14/c2*1-5-15-12-20-18-7-6-16-13-17(25-27)8-10-22(16,3)19(18)9-11-23(20,4)21(15)14(2)24-26;1-3-5-6-4-2/h2*13,15,18-21,26-27H,5-12H2,1-4H3;3-6H2,1-2H3/b2*24-14-,25-17+;/t2*15-,18?,19?,20?,21+,22+,23+;/m11./s1. The van der Waals surface area contributed by atoms with E-state index in [1.54, 1.807) is 0 Å². The summed E-state index contributed by atoms with van der Waals surface area (Å²) >= 11 is 0. The molecule has 4 N–H and O–H groups in total. The van der Waals surface area contributed by atoms with E-state index >= 15 is 0 Å². The molecule has 6 unspecified atom stereocenters. The largest absolute Gasteiger partial charge is 0.411 e. The fourth-order valence-corrected chi connectivity index (χ4v) is 16.7. The maximum Gasteiger partial charge on any atom is 0.0795 e. The minimum Gasteiger partial charge on any atom is -0.411 e. The Bertz CT molecular complexity index is 1580. The summed E-state index contributed by atoms with van der Waals surface area (Å²) in [5.74, 6) is 6.72. The number of rotatable bonds is 7. The molecule has 6 saturated carbocycles. The van der Waals surface area contributed by atoms with Crippen molar-refractivity contribution in [3.8, 4) is 0 Å². The highest BCUT2D eigenvalue weighted by atomic mass is 16.4. The Morgan fingerprint density at radius 1 is 0.550 bits per heavy atom. The Morgan fingerprint density at radius 2 is 0.933 bits per heavy atom. The summed E-state index contributed by atoms with van der Waals surface area (Å²) in [7, 11) is 0. The van der Waals surface area contributed by atoms with Crippen molar-refractivity contribution in [2.45, 2.75) is 198 Å². The van der Waals surface area contributed by atoms with E-state index in [0.717, 1.165) is 96.9 Å². The van der Waals surface area contributed by atoms with Crippen LogP contribution < -0.4 is 0 Å². The highest BCUT2D eigenvalue weighted by Gasteiger charge is 2.63. The van der Waals surface area contributed by atoms with Crippen LogP contribution in [0.2, 0.25) is 0 Å². The van der Waals surface area contributed by atoms with Crippen LogP contribution in [0.4, 0.5) is 0 Å². The van der Waals surface area contributed by atoms with Gasteiger partial charge in [-0.2, -0.15) is 0 Å². The van der Waals surface area contributed by atoms with Crippen molar-refractivity contribution < 1.29 is 20.8 Å². The molecule has 60 heavy (non-hydrogen) atoms. The number of allylic oxidation sites excluding steroid dienone is 4. The zero-order valence-corrected chi connectivity index (χ0v) is 39.6. The molecule has 0 aromatic rings. The molecule has 0 spiro atoms. The summed E-state index contributed by atoms with van der Waals surface area (Å²) in [6, 6.07) is 0. The molecule has 0 bridgehead atoms. The van der Waals surface area contributed by atoms with Crippen LogP contribution in [-0.2, 0) is 0 Å². The zero-order chi connectivity index (χ0) is 43.6. The van der Waals surface area contributed by atoms with Gasteiger partial charge in [-0.05, 0) is 185 Å². The van der Waals surface area contributed by atoms with Gasteiger partial charge in [0.15, 0.2) is 0 Å². The van der Waals surface area contributed by atoms with Crippen LogP contribution in [0.3, 0.4) is 0 Å². The van der Waals surface area contributed by atoms with Crippen molar-refractivity contribution in [3.63, 3.8) is 0 Å². The lowest BCUT2D eigenvalue weighted by Crippen LogP contribution is -2.51. The molecule has 8 rings (SSSR count).